The van der Waals surface area contributed by atoms with Gasteiger partial charge < -0.3 is 5.32 Å². The van der Waals surface area contributed by atoms with Crippen molar-refractivity contribution in [1.29, 1.82) is 0 Å². The summed E-state index contributed by atoms with van der Waals surface area (Å²) in [6.07, 6.45) is 0. The molecule has 3 heteroatoms. The largest absolute Gasteiger partial charge is 0.351 e. The molecule has 1 aromatic rings. The number of carbonyl (C=O) groups excluding carboxylic acids is 1. The third-order valence-electron chi connectivity index (χ3n) is 2.49. The van der Waals surface area contributed by atoms with Crippen molar-refractivity contribution >= 4 is 18.5 Å². The molecule has 1 N–H and O–H groups in total. The fraction of sp³-hybridized carbons (Fsp3) is 0.462. The van der Waals surface area contributed by atoms with Crippen LogP contribution in [0.25, 0.3) is 0 Å². The van der Waals surface area contributed by atoms with Crippen molar-refractivity contribution in [2.45, 2.75) is 32.6 Å². The fourth-order valence-corrected chi connectivity index (χ4v) is 1.39. The lowest BCUT2D eigenvalue weighted by atomic mass is 10.1. The van der Waals surface area contributed by atoms with E-state index >= 15 is 0 Å². The molecule has 0 bridgehead atoms. The molecule has 0 heterocycles. The highest BCUT2D eigenvalue weighted by atomic mass is 32.1. The maximum Gasteiger partial charge on any atom is 0.233 e. The first kappa shape index (κ1) is 13.1. The standard InChI is InChI=1S/C13H19NOS/c1-9(2)12(16)13(15)14-8-11-6-4-10(3)5-7-11/h4-7,9,12,16H,8H2,1-3H3,(H,14,15). The zero-order chi connectivity index (χ0) is 12.1. The second-order valence-corrected chi connectivity index (χ2v) is 4.95. The molecule has 1 rings (SSSR count). The van der Waals surface area contributed by atoms with E-state index in [0.717, 1.165) is 5.56 Å². The Hall–Kier alpha value is -0.960. The highest BCUT2D eigenvalue weighted by Crippen LogP contribution is 2.09. The Morgan fingerprint density at radius 2 is 1.88 bits per heavy atom. The quantitative estimate of drug-likeness (QED) is 0.774. The van der Waals surface area contributed by atoms with Gasteiger partial charge in [0.1, 0.15) is 0 Å². The molecule has 1 amide bonds. The predicted octanol–water partition coefficient (Wildman–Crippen LogP) is 2.57. The number of hydrogen-bond donors (Lipinski definition) is 2. The minimum absolute atomic E-state index is 0.00101. The van der Waals surface area contributed by atoms with Crippen molar-refractivity contribution in [1.82, 2.24) is 5.32 Å². The molecule has 1 unspecified atom stereocenters. The number of carbonyl (C=O) groups is 1. The summed E-state index contributed by atoms with van der Waals surface area (Å²) in [4.78, 5) is 11.6. The topological polar surface area (TPSA) is 29.1 Å². The molecule has 0 saturated heterocycles. The number of hydrogen-bond acceptors (Lipinski definition) is 2. The van der Waals surface area contributed by atoms with Gasteiger partial charge in [-0.1, -0.05) is 43.7 Å². The van der Waals surface area contributed by atoms with Gasteiger partial charge in [0.05, 0.1) is 5.25 Å². The van der Waals surface area contributed by atoms with Crippen LogP contribution in [0.2, 0.25) is 0 Å². The summed E-state index contributed by atoms with van der Waals surface area (Å²) >= 11 is 4.27. The van der Waals surface area contributed by atoms with Crippen LogP contribution >= 0.6 is 12.6 Å². The lowest BCUT2D eigenvalue weighted by Gasteiger charge is -2.14. The van der Waals surface area contributed by atoms with Gasteiger partial charge in [0.25, 0.3) is 0 Å². The molecule has 1 atom stereocenters. The van der Waals surface area contributed by atoms with Crippen LogP contribution in [0.5, 0.6) is 0 Å². The average Bonchev–Trinajstić information content (AvgIpc) is 2.26. The number of thiol groups is 1. The Morgan fingerprint density at radius 3 is 2.38 bits per heavy atom. The van der Waals surface area contributed by atoms with Crippen molar-refractivity contribution < 1.29 is 4.79 Å². The molecule has 0 aromatic heterocycles. The molecular weight excluding hydrogens is 218 g/mol. The summed E-state index contributed by atoms with van der Waals surface area (Å²) in [5.41, 5.74) is 2.34. The lowest BCUT2D eigenvalue weighted by Crippen LogP contribution is -2.33. The van der Waals surface area contributed by atoms with Crippen LogP contribution in [0.1, 0.15) is 25.0 Å². The van der Waals surface area contributed by atoms with Gasteiger partial charge in [0.2, 0.25) is 5.91 Å². The second kappa shape index (κ2) is 5.94. The summed E-state index contributed by atoms with van der Waals surface area (Å²) in [6.45, 7) is 6.60. The Kier molecular flexibility index (Phi) is 4.87. The van der Waals surface area contributed by atoms with Crippen LogP contribution in [0, 0.1) is 12.8 Å². The van der Waals surface area contributed by atoms with Crippen molar-refractivity contribution in [3.63, 3.8) is 0 Å². The molecule has 0 saturated carbocycles. The first-order valence-corrected chi connectivity index (χ1v) is 6.03. The Bertz CT molecular complexity index is 345. The van der Waals surface area contributed by atoms with Gasteiger partial charge in [-0.05, 0) is 18.4 Å². The van der Waals surface area contributed by atoms with Crippen molar-refractivity contribution in [3.05, 3.63) is 35.4 Å². The smallest absolute Gasteiger partial charge is 0.233 e. The summed E-state index contributed by atoms with van der Waals surface area (Å²) < 4.78 is 0. The van der Waals surface area contributed by atoms with Crippen LogP contribution in [0.15, 0.2) is 24.3 Å². The molecule has 0 aliphatic rings. The lowest BCUT2D eigenvalue weighted by molar-refractivity contribution is -0.121. The van der Waals surface area contributed by atoms with Crippen LogP contribution in [0.4, 0.5) is 0 Å². The first-order valence-electron chi connectivity index (χ1n) is 5.52. The van der Waals surface area contributed by atoms with E-state index in [1.807, 2.05) is 45.0 Å². The van der Waals surface area contributed by atoms with E-state index in [1.54, 1.807) is 0 Å². The normalized spacial score (nSPS) is 12.6. The maximum atomic E-state index is 11.6. The molecule has 1 aromatic carbocycles. The summed E-state index contributed by atoms with van der Waals surface area (Å²) in [6, 6.07) is 8.14. The molecule has 16 heavy (non-hydrogen) atoms. The van der Waals surface area contributed by atoms with Gasteiger partial charge in [0.15, 0.2) is 0 Å². The van der Waals surface area contributed by atoms with Crippen molar-refractivity contribution in [2.75, 3.05) is 0 Å². The Morgan fingerprint density at radius 1 is 1.31 bits per heavy atom. The molecular formula is C13H19NOS. The van der Waals surface area contributed by atoms with E-state index < -0.39 is 0 Å². The summed E-state index contributed by atoms with van der Waals surface area (Å²) in [7, 11) is 0. The van der Waals surface area contributed by atoms with E-state index in [0.29, 0.717) is 6.54 Å². The van der Waals surface area contributed by atoms with E-state index in [2.05, 4.69) is 17.9 Å². The van der Waals surface area contributed by atoms with Crippen LogP contribution in [-0.2, 0) is 11.3 Å². The van der Waals surface area contributed by atoms with Gasteiger partial charge in [-0.15, -0.1) is 0 Å². The van der Waals surface area contributed by atoms with Crippen molar-refractivity contribution in [2.24, 2.45) is 5.92 Å². The summed E-state index contributed by atoms with van der Waals surface area (Å²) in [5.74, 6) is 0.250. The number of benzene rings is 1. The van der Waals surface area contributed by atoms with E-state index in [9.17, 15) is 4.79 Å². The predicted molar refractivity (Wildman–Crippen MR) is 70.6 cm³/mol. The zero-order valence-electron chi connectivity index (χ0n) is 10.0. The van der Waals surface area contributed by atoms with E-state index in [-0.39, 0.29) is 17.1 Å². The SMILES string of the molecule is Cc1ccc(CNC(=O)C(S)C(C)C)cc1. The second-order valence-electron chi connectivity index (χ2n) is 4.39. The molecule has 88 valence electrons. The van der Waals surface area contributed by atoms with Crippen LogP contribution < -0.4 is 5.32 Å². The van der Waals surface area contributed by atoms with Gasteiger partial charge in [0, 0.05) is 6.54 Å². The Balaban J connectivity index is 2.46. The van der Waals surface area contributed by atoms with Gasteiger partial charge >= 0.3 is 0 Å². The van der Waals surface area contributed by atoms with E-state index in [1.165, 1.54) is 5.56 Å². The zero-order valence-corrected chi connectivity index (χ0v) is 10.9. The third kappa shape index (κ3) is 3.89. The highest BCUT2D eigenvalue weighted by molar-refractivity contribution is 7.81. The number of aryl methyl sites for hydroxylation is 1. The molecule has 0 aliphatic heterocycles. The maximum absolute atomic E-state index is 11.6. The van der Waals surface area contributed by atoms with E-state index in [4.69, 9.17) is 0 Å². The van der Waals surface area contributed by atoms with Gasteiger partial charge in [-0.25, -0.2) is 0 Å². The molecule has 0 spiro atoms. The fourth-order valence-electron chi connectivity index (χ4n) is 1.30. The number of nitrogens with one attached hydrogen (secondary N) is 1. The molecule has 0 radical (unpaired) electrons. The molecule has 2 nitrogen and oxygen atoms in total. The summed E-state index contributed by atoms with van der Waals surface area (Å²) in [5, 5.41) is 2.65. The van der Waals surface area contributed by atoms with Crippen LogP contribution in [-0.4, -0.2) is 11.2 Å². The number of amides is 1. The third-order valence-corrected chi connectivity index (χ3v) is 3.32. The minimum atomic E-state index is -0.231. The monoisotopic (exact) mass is 237 g/mol. The molecule has 0 aliphatic carbocycles. The van der Waals surface area contributed by atoms with Crippen LogP contribution in [0.3, 0.4) is 0 Å². The first-order chi connectivity index (χ1) is 7.50. The van der Waals surface area contributed by atoms with Crippen molar-refractivity contribution in [3.8, 4) is 0 Å². The van der Waals surface area contributed by atoms with Gasteiger partial charge in [-0.2, -0.15) is 12.6 Å². The Labute approximate surface area is 103 Å². The highest BCUT2D eigenvalue weighted by Gasteiger charge is 2.16. The number of rotatable bonds is 4. The minimum Gasteiger partial charge on any atom is -0.351 e. The average molecular weight is 237 g/mol. The molecule has 0 fully saturated rings. The van der Waals surface area contributed by atoms with Gasteiger partial charge in [-0.3, -0.25) is 4.79 Å².